The Labute approximate surface area is 147 Å². The smallest absolute Gasteiger partial charge is 0.255 e. The summed E-state index contributed by atoms with van der Waals surface area (Å²) in [7, 11) is 3.32. The maximum absolute atomic E-state index is 12.5. The number of halogens is 3. The fourth-order valence-electron chi connectivity index (χ4n) is 2.07. The fourth-order valence-corrected chi connectivity index (χ4v) is 2.96. The molecule has 6 heteroatoms. The highest BCUT2D eigenvalue weighted by Crippen LogP contribution is 2.26. The van der Waals surface area contributed by atoms with Crippen molar-refractivity contribution in [1.29, 1.82) is 0 Å². The first-order valence-corrected chi connectivity index (χ1v) is 8.00. The van der Waals surface area contributed by atoms with E-state index in [2.05, 4.69) is 15.9 Å². The van der Waals surface area contributed by atoms with Gasteiger partial charge in [-0.15, -0.1) is 0 Å². The van der Waals surface area contributed by atoms with Crippen molar-refractivity contribution in [2.24, 2.45) is 0 Å². The Balaban J connectivity index is 2.23. The van der Waals surface area contributed by atoms with Gasteiger partial charge in [-0.2, -0.15) is 0 Å². The van der Waals surface area contributed by atoms with E-state index in [0.717, 1.165) is 15.8 Å². The number of nitrogens with zero attached hydrogens (tertiary/aromatic N) is 1. The van der Waals surface area contributed by atoms with Crippen molar-refractivity contribution in [3.63, 3.8) is 0 Å². The number of benzene rings is 2. The Bertz CT molecular complexity index is 707. The van der Waals surface area contributed by atoms with Gasteiger partial charge in [0.1, 0.15) is 5.75 Å². The monoisotopic (exact) mass is 401 g/mol. The number of carbonyl (C=O) groups is 1. The third-order valence-electron chi connectivity index (χ3n) is 3.16. The molecule has 0 radical (unpaired) electrons. The molecule has 0 aliphatic rings. The summed E-state index contributed by atoms with van der Waals surface area (Å²) in [5.74, 6) is 0.550. The van der Waals surface area contributed by atoms with Gasteiger partial charge in [0.15, 0.2) is 0 Å². The van der Waals surface area contributed by atoms with Gasteiger partial charge in [0.05, 0.1) is 17.7 Å². The molecule has 2 rings (SSSR count). The van der Waals surface area contributed by atoms with Crippen LogP contribution < -0.4 is 4.74 Å². The lowest BCUT2D eigenvalue weighted by Gasteiger charge is -2.19. The molecule has 0 aromatic heterocycles. The van der Waals surface area contributed by atoms with Gasteiger partial charge < -0.3 is 9.64 Å². The van der Waals surface area contributed by atoms with Gasteiger partial charge in [0.25, 0.3) is 5.91 Å². The van der Waals surface area contributed by atoms with Crippen LogP contribution in [0, 0.1) is 0 Å². The maximum Gasteiger partial charge on any atom is 0.255 e. The van der Waals surface area contributed by atoms with Crippen molar-refractivity contribution in [3.8, 4) is 5.75 Å². The predicted octanol–water partition coefficient (Wildman–Crippen LogP) is 5.04. The maximum atomic E-state index is 12.5. The zero-order chi connectivity index (χ0) is 16.3. The molecule has 0 aliphatic carbocycles. The zero-order valence-corrected chi connectivity index (χ0v) is 15.2. The van der Waals surface area contributed by atoms with Crippen LogP contribution in [0.15, 0.2) is 40.9 Å². The molecule has 0 fully saturated rings. The molecule has 0 aliphatic heterocycles. The number of ether oxygens (including phenoxy) is 1. The Morgan fingerprint density at radius 1 is 1.23 bits per heavy atom. The molecule has 1 amide bonds. The predicted molar refractivity (Wildman–Crippen MR) is 93.0 cm³/mol. The van der Waals surface area contributed by atoms with Crippen molar-refractivity contribution in [2.45, 2.75) is 6.54 Å². The van der Waals surface area contributed by atoms with Crippen LogP contribution in [0.2, 0.25) is 10.0 Å². The first kappa shape index (κ1) is 17.1. The summed E-state index contributed by atoms with van der Waals surface area (Å²) in [5.41, 5.74) is 1.32. The molecule has 2 aromatic carbocycles. The van der Waals surface area contributed by atoms with Crippen LogP contribution in [0.3, 0.4) is 0 Å². The van der Waals surface area contributed by atoms with Crippen LogP contribution in [0.25, 0.3) is 0 Å². The first-order valence-electron chi connectivity index (χ1n) is 6.45. The molecule has 0 bridgehead atoms. The van der Waals surface area contributed by atoms with Crippen molar-refractivity contribution in [1.82, 2.24) is 4.90 Å². The third-order valence-corrected chi connectivity index (χ3v) is 4.20. The van der Waals surface area contributed by atoms with Gasteiger partial charge in [-0.05, 0) is 36.4 Å². The highest BCUT2D eigenvalue weighted by Gasteiger charge is 2.17. The van der Waals surface area contributed by atoms with E-state index in [0.29, 0.717) is 22.2 Å². The zero-order valence-electron chi connectivity index (χ0n) is 12.1. The van der Waals surface area contributed by atoms with Gasteiger partial charge >= 0.3 is 0 Å². The molecule has 0 N–H and O–H groups in total. The molecule has 22 heavy (non-hydrogen) atoms. The highest BCUT2D eigenvalue weighted by atomic mass is 79.9. The lowest BCUT2D eigenvalue weighted by atomic mass is 10.1. The van der Waals surface area contributed by atoms with E-state index in [1.165, 1.54) is 0 Å². The van der Waals surface area contributed by atoms with Crippen LogP contribution in [0.1, 0.15) is 15.9 Å². The molecular weight excluding hydrogens is 389 g/mol. The van der Waals surface area contributed by atoms with Gasteiger partial charge in [0.2, 0.25) is 0 Å². The van der Waals surface area contributed by atoms with Crippen molar-refractivity contribution >= 4 is 45.0 Å². The van der Waals surface area contributed by atoms with Gasteiger partial charge in [-0.25, -0.2) is 0 Å². The van der Waals surface area contributed by atoms with Crippen LogP contribution in [0.5, 0.6) is 5.75 Å². The summed E-state index contributed by atoms with van der Waals surface area (Å²) in [5, 5.41) is 0.836. The standard InChI is InChI=1S/C16H14BrCl2NO2/c1-20(9-10-7-11(17)3-6-15(10)22-2)16(21)13-5-4-12(18)8-14(13)19/h3-8H,9H2,1-2H3. The normalized spacial score (nSPS) is 10.4. The van der Waals surface area contributed by atoms with E-state index in [-0.39, 0.29) is 5.91 Å². The molecule has 3 nitrogen and oxygen atoms in total. The van der Waals surface area contributed by atoms with Gasteiger partial charge in [-0.3, -0.25) is 4.79 Å². The number of carbonyl (C=O) groups excluding carboxylic acids is 1. The van der Waals surface area contributed by atoms with Crippen LogP contribution in [-0.2, 0) is 6.54 Å². The van der Waals surface area contributed by atoms with Crippen LogP contribution in [-0.4, -0.2) is 25.0 Å². The molecule has 0 atom stereocenters. The molecule has 116 valence electrons. The van der Waals surface area contributed by atoms with Crippen LogP contribution >= 0.6 is 39.1 Å². The summed E-state index contributed by atoms with van der Waals surface area (Å²) in [6.45, 7) is 0.403. The number of hydrogen-bond donors (Lipinski definition) is 0. The lowest BCUT2D eigenvalue weighted by molar-refractivity contribution is 0.0784. The Morgan fingerprint density at radius 3 is 2.59 bits per heavy atom. The third kappa shape index (κ3) is 3.94. The summed E-state index contributed by atoms with van der Waals surface area (Å²) >= 11 is 15.4. The van der Waals surface area contributed by atoms with Crippen LogP contribution in [0.4, 0.5) is 0 Å². The Kier molecular flexibility index (Phi) is 5.73. The van der Waals surface area contributed by atoms with Gasteiger partial charge in [0, 0.05) is 28.7 Å². The number of hydrogen-bond acceptors (Lipinski definition) is 2. The van der Waals surface area contributed by atoms with Crippen molar-refractivity contribution in [3.05, 3.63) is 62.0 Å². The molecule has 0 spiro atoms. The molecule has 2 aromatic rings. The molecular formula is C16H14BrCl2NO2. The second kappa shape index (κ2) is 7.36. The summed E-state index contributed by atoms with van der Waals surface area (Å²) < 4.78 is 6.25. The van der Waals surface area contributed by atoms with Gasteiger partial charge in [-0.1, -0.05) is 39.1 Å². The molecule has 0 saturated carbocycles. The first-order chi connectivity index (χ1) is 10.4. The Hall–Kier alpha value is -1.23. The minimum atomic E-state index is -0.177. The quantitative estimate of drug-likeness (QED) is 0.717. The van der Waals surface area contributed by atoms with E-state index < -0.39 is 0 Å². The second-order valence-electron chi connectivity index (χ2n) is 4.74. The molecule has 0 unspecified atom stereocenters. The van der Waals surface area contributed by atoms with Crippen molar-refractivity contribution < 1.29 is 9.53 Å². The van der Waals surface area contributed by atoms with E-state index in [1.807, 2.05) is 18.2 Å². The average molecular weight is 403 g/mol. The Morgan fingerprint density at radius 2 is 1.95 bits per heavy atom. The lowest BCUT2D eigenvalue weighted by Crippen LogP contribution is -2.26. The molecule has 0 saturated heterocycles. The summed E-state index contributed by atoms with van der Waals surface area (Å²) in [4.78, 5) is 14.1. The SMILES string of the molecule is COc1ccc(Br)cc1CN(C)C(=O)c1ccc(Cl)cc1Cl. The second-order valence-corrected chi connectivity index (χ2v) is 6.50. The fraction of sp³-hybridized carbons (Fsp3) is 0.188. The van der Waals surface area contributed by atoms with E-state index in [1.54, 1.807) is 37.3 Å². The average Bonchev–Trinajstić information content (AvgIpc) is 2.47. The largest absolute Gasteiger partial charge is 0.496 e. The van der Waals surface area contributed by atoms with Crippen molar-refractivity contribution in [2.75, 3.05) is 14.2 Å². The van der Waals surface area contributed by atoms with E-state index in [9.17, 15) is 4.79 Å². The van der Waals surface area contributed by atoms with E-state index >= 15 is 0 Å². The summed E-state index contributed by atoms with van der Waals surface area (Å²) in [6.07, 6.45) is 0. The highest BCUT2D eigenvalue weighted by molar-refractivity contribution is 9.10. The van der Waals surface area contributed by atoms with E-state index in [4.69, 9.17) is 27.9 Å². The number of methoxy groups -OCH3 is 1. The number of rotatable bonds is 4. The molecule has 0 heterocycles. The minimum absolute atomic E-state index is 0.177. The minimum Gasteiger partial charge on any atom is -0.496 e. The number of amides is 1. The summed E-state index contributed by atoms with van der Waals surface area (Å²) in [6, 6.07) is 10.5. The topological polar surface area (TPSA) is 29.5 Å².